The predicted octanol–water partition coefficient (Wildman–Crippen LogP) is 4.43. The number of carbonyl (C=O) groups excluding carboxylic acids is 1. The molecule has 1 amide bonds. The molecule has 0 radical (unpaired) electrons. The third-order valence-corrected chi connectivity index (χ3v) is 4.18. The first-order valence-corrected chi connectivity index (χ1v) is 8.14. The van der Waals surface area contributed by atoms with Crippen LogP contribution in [-0.2, 0) is 11.0 Å². The molecule has 2 heterocycles. The van der Waals surface area contributed by atoms with E-state index in [1.165, 1.54) is 24.3 Å². The number of hydrogen-bond acceptors (Lipinski definition) is 5. The predicted molar refractivity (Wildman–Crippen MR) is 93.5 cm³/mol. The molecule has 11 heteroatoms. The van der Waals surface area contributed by atoms with Crippen LogP contribution in [0.25, 0.3) is 16.9 Å². The first kappa shape index (κ1) is 18.6. The van der Waals surface area contributed by atoms with E-state index in [4.69, 9.17) is 4.74 Å². The van der Waals surface area contributed by atoms with Gasteiger partial charge >= 0.3 is 6.18 Å². The van der Waals surface area contributed by atoms with Crippen molar-refractivity contribution in [1.29, 1.82) is 0 Å². The van der Waals surface area contributed by atoms with Gasteiger partial charge in [0, 0.05) is 11.6 Å². The summed E-state index contributed by atoms with van der Waals surface area (Å²) in [5, 5.41) is 8.95. The quantitative estimate of drug-likeness (QED) is 0.515. The Bertz CT molecular complexity index is 1120. The molecule has 1 aromatic heterocycles. The molecule has 1 aliphatic heterocycles. The molecule has 0 saturated carbocycles. The molecule has 3 aromatic rings. The lowest BCUT2D eigenvalue weighted by Gasteiger charge is -2.19. The third kappa shape index (κ3) is 3.42. The normalized spacial score (nSPS) is 13.4. The molecule has 148 valence electrons. The molecule has 7 nitrogen and oxygen atoms in total. The van der Waals surface area contributed by atoms with Gasteiger partial charge in [0.05, 0.1) is 17.1 Å². The number of rotatable bonds is 3. The van der Waals surface area contributed by atoms with Crippen LogP contribution in [-0.4, -0.2) is 22.3 Å². The molecule has 4 rings (SSSR count). The lowest BCUT2D eigenvalue weighted by Crippen LogP contribution is -2.25. The fourth-order valence-electron chi connectivity index (χ4n) is 2.89. The molecule has 1 N–H and O–H groups in total. The minimum atomic E-state index is -4.76. The molecule has 29 heavy (non-hydrogen) atoms. The summed E-state index contributed by atoms with van der Waals surface area (Å²) in [6.07, 6.45) is -4.76. The van der Waals surface area contributed by atoms with Crippen LogP contribution >= 0.6 is 0 Å². The number of amides is 1. The number of hydrogen-bond donors (Lipinski definition) is 1. The average molecular weight is 406 g/mol. The number of nitrogens with zero attached hydrogens (tertiary/aromatic N) is 3. The number of ether oxygens (including phenoxy) is 1. The van der Waals surface area contributed by atoms with Gasteiger partial charge in [0.2, 0.25) is 0 Å². The van der Waals surface area contributed by atoms with E-state index in [1.807, 2.05) is 0 Å². The van der Waals surface area contributed by atoms with Gasteiger partial charge in [-0.1, -0.05) is 0 Å². The summed E-state index contributed by atoms with van der Waals surface area (Å²) in [6.45, 7) is -0.267. The van der Waals surface area contributed by atoms with Crippen molar-refractivity contribution >= 4 is 17.3 Å². The molecule has 0 aliphatic carbocycles. The van der Waals surface area contributed by atoms with Crippen molar-refractivity contribution in [2.75, 3.05) is 11.9 Å². The SMILES string of the molecule is O=Nc1cc2c(cc1-c1cc(C(F)(F)F)nn1-c1ccc(F)cc1)NC(=O)CO2. The topological polar surface area (TPSA) is 85.6 Å². The van der Waals surface area contributed by atoms with Crippen LogP contribution in [0.1, 0.15) is 5.69 Å². The summed E-state index contributed by atoms with van der Waals surface area (Å²) in [5.74, 6) is -0.882. The number of carbonyl (C=O) groups is 1. The Labute approximate surface area is 159 Å². The second-order valence-electron chi connectivity index (χ2n) is 6.09. The Morgan fingerprint density at radius 1 is 1.14 bits per heavy atom. The molecule has 0 fully saturated rings. The van der Waals surface area contributed by atoms with Crippen LogP contribution in [0.5, 0.6) is 5.75 Å². The van der Waals surface area contributed by atoms with E-state index < -0.39 is 23.6 Å². The van der Waals surface area contributed by atoms with Gasteiger partial charge in [-0.3, -0.25) is 4.79 Å². The first-order chi connectivity index (χ1) is 13.8. The van der Waals surface area contributed by atoms with Crippen molar-refractivity contribution in [2.45, 2.75) is 6.18 Å². The highest BCUT2D eigenvalue weighted by atomic mass is 19.4. The molecular formula is C18H10F4N4O3. The lowest BCUT2D eigenvalue weighted by molar-refractivity contribution is -0.141. The largest absolute Gasteiger partial charge is 0.481 e. The van der Waals surface area contributed by atoms with Gasteiger partial charge in [0.15, 0.2) is 12.3 Å². The van der Waals surface area contributed by atoms with Crippen molar-refractivity contribution in [3.8, 4) is 22.7 Å². The van der Waals surface area contributed by atoms with Gasteiger partial charge in [-0.15, -0.1) is 4.91 Å². The first-order valence-electron chi connectivity index (χ1n) is 8.14. The maximum absolute atomic E-state index is 13.3. The number of halogens is 4. The van der Waals surface area contributed by atoms with Crippen LogP contribution in [0, 0.1) is 10.7 Å². The Morgan fingerprint density at radius 2 is 1.86 bits per heavy atom. The molecule has 0 bridgehead atoms. The average Bonchev–Trinajstić information content (AvgIpc) is 3.13. The fourth-order valence-corrected chi connectivity index (χ4v) is 2.89. The van der Waals surface area contributed by atoms with Gasteiger partial charge < -0.3 is 10.1 Å². The van der Waals surface area contributed by atoms with Gasteiger partial charge in [0.1, 0.15) is 17.3 Å². The van der Waals surface area contributed by atoms with Crippen LogP contribution < -0.4 is 10.1 Å². The second-order valence-corrected chi connectivity index (χ2v) is 6.09. The van der Waals surface area contributed by atoms with Crippen molar-refractivity contribution in [1.82, 2.24) is 9.78 Å². The van der Waals surface area contributed by atoms with Crippen molar-refractivity contribution < 1.29 is 27.1 Å². The van der Waals surface area contributed by atoms with Crippen LogP contribution in [0.15, 0.2) is 47.6 Å². The monoisotopic (exact) mass is 406 g/mol. The fraction of sp³-hybridized carbons (Fsp3) is 0.111. The van der Waals surface area contributed by atoms with Crippen molar-refractivity contribution in [2.24, 2.45) is 5.18 Å². The lowest BCUT2D eigenvalue weighted by atomic mass is 10.1. The Balaban J connectivity index is 1.95. The second kappa shape index (κ2) is 6.69. The van der Waals surface area contributed by atoms with Crippen LogP contribution in [0.4, 0.5) is 28.9 Å². The number of aromatic nitrogens is 2. The van der Waals surface area contributed by atoms with E-state index >= 15 is 0 Å². The summed E-state index contributed by atoms with van der Waals surface area (Å²) in [6, 6.07) is 7.84. The number of nitrogens with one attached hydrogen (secondary N) is 1. The molecule has 0 unspecified atom stereocenters. The van der Waals surface area contributed by atoms with E-state index in [1.54, 1.807) is 0 Å². The molecule has 0 spiro atoms. The zero-order valence-electron chi connectivity index (χ0n) is 14.3. The Hall–Kier alpha value is -3.76. The van der Waals surface area contributed by atoms with Gasteiger partial charge in [-0.05, 0) is 41.6 Å². The van der Waals surface area contributed by atoms with Gasteiger partial charge in [0.25, 0.3) is 5.91 Å². The molecule has 1 aliphatic rings. The summed E-state index contributed by atoms with van der Waals surface area (Å²) in [7, 11) is 0. The zero-order chi connectivity index (χ0) is 20.8. The van der Waals surface area contributed by atoms with E-state index in [2.05, 4.69) is 15.6 Å². The highest BCUT2D eigenvalue weighted by molar-refractivity contribution is 5.97. The maximum atomic E-state index is 13.3. The van der Waals surface area contributed by atoms with Gasteiger partial charge in [-0.2, -0.15) is 18.3 Å². The number of nitroso groups, excluding NO2 is 1. The number of alkyl halides is 3. The highest BCUT2D eigenvalue weighted by Gasteiger charge is 2.36. The Morgan fingerprint density at radius 3 is 2.52 bits per heavy atom. The number of fused-ring (bicyclic) bond motifs is 1. The smallest absolute Gasteiger partial charge is 0.435 e. The van der Waals surface area contributed by atoms with E-state index in [-0.39, 0.29) is 40.7 Å². The molecule has 0 atom stereocenters. The summed E-state index contributed by atoms with van der Waals surface area (Å²) in [5.41, 5.74) is -1.27. The Kier molecular flexibility index (Phi) is 4.29. The summed E-state index contributed by atoms with van der Waals surface area (Å²) in [4.78, 5) is 22.9. The minimum absolute atomic E-state index is 0.0168. The van der Waals surface area contributed by atoms with Gasteiger partial charge in [-0.25, -0.2) is 9.07 Å². The summed E-state index contributed by atoms with van der Waals surface area (Å²) >= 11 is 0. The summed E-state index contributed by atoms with van der Waals surface area (Å²) < 4.78 is 59.2. The molecule has 0 saturated heterocycles. The van der Waals surface area contributed by atoms with Crippen LogP contribution in [0.2, 0.25) is 0 Å². The van der Waals surface area contributed by atoms with E-state index in [0.29, 0.717) is 0 Å². The van der Waals surface area contributed by atoms with E-state index in [0.717, 1.165) is 22.9 Å². The molecule has 2 aromatic carbocycles. The standard InChI is InChI=1S/C18H10F4N4O3/c19-9-1-3-10(4-2-9)26-14(7-16(24-26)18(20,21)22)11-5-13-15(6-12(11)25-28)29-8-17(27)23-13/h1-7H,8H2,(H,23,27). The van der Waals surface area contributed by atoms with Crippen LogP contribution in [0.3, 0.4) is 0 Å². The van der Waals surface area contributed by atoms with Crippen molar-refractivity contribution in [3.05, 3.63) is 58.9 Å². The third-order valence-electron chi connectivity index (χ3n) is 4.18. The van der Waals surface area contributed by atoms with Crippen molar-refractivity contribution in [3.63, 3.8) is 0 Å². The maximum Gasteiger partial charge on any atom is 0.435 e. The number of anilines is 1. The highest BCUT2D eigenvalue weighted by Crippen LogP contribution is 2.42. The minimum Gasteiger partial charge on any atom is -0.481 e. The zero-order valence-corrected chi connectivity index (χ0v) is 14.3. The van der Waals surface area contributed by atoms with E-state index in [9.17, 15) is 27.3 Å². The molecular weight excluding hydrogens is 396 g/mol. The number of benzene rings is 2.